The normalized spacial score (nSPS) is 10.3. The number of carboxylic acids is 1. The van der Waals surface area contributed by atoms with Gasteiger partial charge in [-0.2, -0.15) is 0 Å². The highest BCUT2D eigenvalue weighted by Crippen LogP contribution is 2.16. The number of benzene rings is 1. The maximum atomic E-state index is 10.9. The molecule has 15 heavy (non-hydrogen) atoms. The van der Waals surface area contributed by atoms with Crippen molar-refractivity contribution in [3.8, 4) is 0 Å². The first-order valence-corrected chi connectivity index (χ1v) is 5.48. The van der Waals surface area contributed by atoms with Crippen molar-refractivity contribution in [1.82, 2.24) is 0 Å². The Bertz CT molecular complexity index is 342. The Morgan fingerprint density at radius 2 is 2.07 bits per heavy atom. The van der Waals surface area contributed by atoms with Crippen molar-refractivity contribution >= 4 is 5.97 Å². The SMILES string of the molecule is CCCCCc1cccc(C(=O)O)c1C. The maximum absolute atomic E-state index is 10.9. The zero-order valence-electron chi connectivity index (χ0n) is 9.42. The largest absolute Gasteiger partial charge is 0.478 e. The predicted octanol–water partition coefficient (Wildman–Crippen LogP) is 3.43. The van der Waals surface area contributed by atoms with Gasteiger partial charge in [0.05, 0.1) is 5.56 Å². The van der Waals surface area contributed by atoms with E-state index in [0.29, 0.717) is 5.56 Å². The topological polar surface area (TPSA) is 37.3 Å². The van der Waals surface area contributed by atoms with Crippen LogP contribution in [0.15, 0.2) is 18.2 Å². The van der Waals surface area contributed by atoms with Crippen molar-refractivity contribution in [3.05, 3.63) is 34.9 Å². The van der Waals surface area contributed by atoms with Crippen molar-refractivity contribution in [2.45, 2.75) is 39.5 Å². The van der Waals surface area contributed by atoms with E-state index < -0.39 is 5.97 Å². The van der Waals surface area contributed by atoms with Gasteiger partial charge in [-0.1, -0.05) is 31.9 Å². The highest BCUT2D eigenvalue weighted by atomic mass is 16.4. The van der Waals surface area contributed by atoms with Crippen molar-refractivity contribution in [1.29, 1.82) is 0 Å². The fraction of sp³-hybridized carbons (Fsp3) is 0.462. The van der Waals surface area contributed by atoms with Gasteiger partial charge in [0.2, 0.25) is 0 Å². The second-order valence-electron chi connectivity index (χ2n) is 3.85. The third-order valence-corrected chi connectivity index (χ3v) is 2.73. The van der Waals surface area contributed by atoms with Crippen molar-refractivity contribution in [3.63, 3.8) is 0 Å². The summed E-state index contributed by atoms with van der Waals surface area (Å²) in [6.07, 6.45) is 4.52. The summed E-state index contributed by atoms with van der Waals surface area (Å²) in [5.41, 5.74) is 2.52. The van der Waals surface area contributed by atoms with Crippen LogP contribution in [-0.4, -0.2) is 11.1 Å². The fourth-order valence-corrected chi connectivity index (χ4v) is 1.75. The zero-order valence-corrected chi connectivity index (χ0v) is 9.42. The summed E-state index contributed by atoms with van der Waals surface area (Å²) in [5, 5.41) is 8.96. The fourth-order valence-electron chi connectivity index (χ4n) is 1.75. The highest BCUT2D eigenvalue weighted by Gasteiger charge is 2.09. The molecule has 0 heterocycles. The van der Waals surface area contributed by atoms with Gasteiger partial charge >= 0.3 is 5.97 Å². The molecule has 0 spiro atoms. The smallest absolute Gasteiger partial charge is 0.335 e. The van der Waals surface area contributed by atoms with Crippen molar-refractivity contribution < 1.29 is 9.90 Å². The molecular weight excluding hydrogens is 188 g/mol. The van der Waals surface area contributed by atoms with E-state index in [9.17, 15) is 4.79 Å². The van der Waals surface area contributed by atoms with Crippen LogP contribution < -0.4 is 0 Å². The van der Waals surface area contributed by atoms with Gasteiger partial charge in [-0.25, -0.2) is 4.79 Å². The Hall–Kier alpha value is -1.31. The Balaban J connectivity index is 2.80. The molecule has 0 fully saturated rings. The van der Waals surface area contributed by atoms with Gasteiger partial charge in [0, 0.05) is 0 Å². The molecule has 0 saturated carbocycles. The monoisotopic (exact) mass is 206 g/mol. The maximum Gasteiger partial charge on any atom is 0.335 e. The number of hydrogen-bond acceptors (Lipinski definition) is 1. The third kappa shape index (κ3) is 3.08. The summed E-state index contributed by atoms with van der Waals surface area (Å²) in [5.74, 6) is -0.829. The number of rotatable bonds is 5. The van der Waals surface area contributed by atoms with Gasteiger partial charge in [0.15, 0.2) is 0 Å². The Morgan fingerprint density at radius 1 is 1.33 bits per heavy atom. The molecule has 1 aromatic carbocycles. The van der Waals surface area contributed by atoms with Crippen LogP contribution in [0.5, 0.6) is 0 Å². The van der Waals surface area contributed by atoms with Gasteiger partial charge in [0.25, 0.3) is 0 Å². The molecule has 0 saturated heterocycles. The molecule has 1 rings (SSSR count). The zero-order chi connectivity index (χ0) is 11.3. The summed E-state index contributed by atoms with van der Waals surface area (Å²) < 4.78 is 0. The van der Waals surface area contributed by atoms with E-state index in [4.69, 9.17) is 5.11 Å². The van der Waals surface area contributed by atoms with Crippen LogP contribution in [0.25, 0.3) is 0 Å². The molecule has 2 nitrogen and oxygen atoms in total. The Kier molecular flexibility index (Phi) is 4.35. The van der Waals surface area contributed by atoms with Gasteiger partial charge in [-0.3, -0.25) is 0 Å². The minimum Gasteiger partial charge on any atom is -0.478 e. The quantitative estimate of drug-likeness (QED) is 0.749. The van der Waals surface area contributed by atoms with Gasteiger partial charge in [-0.05, 0) is 37.0 Å². The number of carbonyl (C=O) groups is 1. The lowest BCUT2D eigenvalue weighted by Crippen LogP contribution is -2.02. The van der Waals surface area contributed by atoms with E-state index in [1.807, 2.05) is 19.1 Å². The number of hydrogen-bond donors (Lipinski definition) is 1. The molecule has 0 aromatic heterocycles. The molecule has 82 valence electrons. The second-order valence-corrected chi connectivity index (χ2v) is 3.85. The minimum absolute atomic E-state index is 0.434. The lowest BCUT2D eigenvalue weighted by Gasteiger charge is -2.07. The molecule has 0 amide bonds. The number of aromatic carboxylic acids is 1. The summed E-state index contributed by atoms with van der Waals surface area (Å²) in [6, 6.07) is 5.52. The predicted molar refractivity (Wildman–Crippen MR) is 61.4 cm³/mol. The van der Waals surface area contributed by atoms with Crippen LogP contribution >= 0.6 is 0 Å². The molecule has 0 radical (unpaired) electrons. The van der Waals surface area contributed by atoms with Crippen LogP contribution in [-0.2, 0) is 6.42 Å². The van der Waals surface area contributed by atoms with Gasteiger partial charge in [-0.15, -0.1) is 0 Å². The summed E-state index contributed by atoms with van der Waals surface area (Å²) in [7, 11) is 0. The highest BCUT2D eigenvalue weighted by molar-refractivity contribution is 5.89. The first-order chi connectivity index (χ1) is 7.16. The molecule has 2 heteroatoms. The van der Waals surface area contributed by atoms with Crippen LogP contribution in [0.1, 0.15) is 47.7 Å². The first kappa shape index (κ1) is 11.8. The lowest BCUT2D eigenvalue weighted by atomic mass is 9.98. The van der Waals surface area contributed by atoms with Crippen LogP contribution in [0.2, 0.25) is 0 Å². The van der Waals surface area contributed by atoms with Gasteiger partial charge < -0.3 is 5.11 Å². The molecule has 0 aliphatic heterocycles. The van der Waals surface area contributed by atoms with E-state index in [2.05, 4.69) is 6.92 Å². The summed E-state index contributed by atoms with van der Waals surface area (Å²) in [6.45, 7) is 4.06. The lowest BCUT2D eigenvalue weighted by molar-refractivity contribution is 0.0696. The van der Waals surface area contributed by atoms with Crippen molar-refractivity contribution in [2.24, 2.45) is 0 Å². The third-order valence-electron chi connectivity index (χ3n) is 2.73. The van der Waals surface area contributed by atoms with E-state index >= 15 is 0 Å². The van der Waals surface area contributed by atoms with E-state index in [1.165, 1.54) is 18.4 Å². The second kappa shape index (κ2) is 5.54. The Labute approximate surface area is 90.9 Å². The Morgan fingerprint density at radius 3 is 2.67 bits per heavy atom. The molecule has 0 unspecified atom stereocenters. The van der Waals surface area contributed by atoms with E-state index in [0.717, 1.165) is 18.4 Å². The molecule has 0 atom stereocenters. The molecule has 1 N–H and O–H groups in total. The molecule has 1 aromatic rings. The van der Waals surface area contributed by atoms with Crippen molar-refractivity contribution in [2.75, 3.05) is 0 Å². The molecular formula is C13H18O2. The molecule has 0 aliphatic carbocycles. The van der Waals surface area contributed by atoms with E-state index in [1.54, 1.807) is 6.07 Å². The molecule has 0 aliphatic rings. The average molecular weight is 206 g/mol. The van der Waals surface area contributed by atoms with Crippen LogP contribution in [0.4, 0.5) is 0 Å². The standard InChI is InChI=1S/C13H18O2/c1-3-4-5-7-11-8-6-9-12(10(11)2)13(14)15/h6,8-9H,3-5,7H2,1-2H3,(H,14,15). The molecule has 0 bridgehead atoms. The summed E-state index contributed by atoms with van der Waals surface area (Å²) >= 11 is 0. The van der Waals surface area contributed by atoms with Crippen LogP contribution in [0, 0.1) is 6.92 Å². The average Bonchev–Trinajstić information content (AvgIpc) is 2.20. The van der Waals surface area contributed by atoms with Gasteiger partial charge in [0.1, 0.15) is 0 Å². The first-order valence-electron chi connectivity index (χ1n) is 5.48. The van der Waals surface area contributed by atoms with E-state index in [-0.39, 0.29) is 0 Å². The number of carboxylic acid groups (broad SMARTS) is 1. The minimum atomic E-state index is -0.829. The van der Waals surface area contributed by atoms with Crippen LogP contribution in [0.3, 0.4) is 0 Å². The number of aryl methyl sites for hydroxylation is 1. The summed E-state index contributed by atoms with van der Waals surface area (Å²) in [4.78, 5) is 10.9. The number of unbranched alkanes of at least 4 members (excludes halogenated alkanes) is 2.